The maximum Gasteiger partial charge on any atom is 0.261 e. The highest BCUT2D eigenvalue weighted by molar-refractivity contribution is 5.81. The van der Waals surface area contributed by atoms with Crippen molar-refractivity contribution in [3.05, 3.63) is 29.8 Å². The molecule has 0 saturated carbocycles. The zero-order chi connectivity index (χ0) is 15.3. The monoisotopic (exact) mass is 279 g/mol. The number of nitrogens with one attached hydrogen (secondary N) is 1. The van der Waals surface area contributed by atoms with Gasteiger partial charge in [-0.2, -0.15) is 0 Å². The van der Waals surface area contributed by atoms with E-state index in [1.165, 1.54) is 0 Å². The van der Waals surface area contributed by atoms with Crippen LogP contribution in [0.3, 0.4) is 0 Å². The van der Waals surface area contributed by atoms with Crippen LogP contribution in [0, 0.1) is 0 Å². The summed E-state index contributed by atoms with van der Waals surface area (Å²) >= 11 is 0. The summed E-state index contributed by atoms with van der Waals surface area (Å²) in [4.78, 5) is 11.9. The van der Waals surface area contributed by atoms with Crippen LogP contribution in [-0.4, -0.2) is 22.7 Å². The lowest BCUT2D eigenvalue weighted by Crippen LogP contribution is -2.46. The molecule has 2 unspecified atom stereocenters. The van der Waals surface area contributed by atoms with E-state index in [1.54, 1.807) is 19.1 Å². The summed E-state index contributed by atoms with van der Waals surface area (Å²) in [6.07, 6.45) is -0.341. The third-order valence-electron chi connectivity index (χ3n) is 2.83. The molecule has 0 bridgehead atoms. The van der Waals surface area contributed by atoms with Crippen molar-refractivity contribution in [2.45, 2.75) is 58.8 Å². The summed E-state index contributed by atoms with van der Waals surface area (Å²) < 4.78 is 5.60. The van der Waals surface area contributed by atoms with Gasteiger partial charge in [-0.25, -0.2) is 0 Å². The second kappa shape index (κ2) is 6.75. The molecular formula is C16H25NO3. The Kier molecular flexibility index (Phi) is 5.57. The van der Waals surface area contributed by atoms with E-state index in [0.29, 0.717) is 12.2 Å². The van der Waals surface area contributed by atoms with E-state index in [2.05, 4.69) is 5.32 Å². The Morgan fingerprint density at radius 2 is 1.85 bits per heavy atom. The standard InChI is InChI=1S/C16H25NO3/c1-6-14(18)12-7-9-13(10-8-12)20-11(2)15(19)17-16(3,4)5/h7-11,14,18H,6H2,1-5H3,(H,17,19). The van der Waals surface area contributed by atoms with Crippen molar-refractivity contribution < 1.29 is 14.6 Å². The summed E-state index contributed by atoms with van der Waals surface area (Å²) in [6.45, 7) is 9.43. The smallest absolute Gasteiger partial charge is 0.261 e. The molecule has 0 radical (unpaired) electrons. The van der Waals surface area contributed by atoms with Gasteiger partial charge in [-0.15, -0.1) is 0 Å². The number of carbonyl (C=O) groups excluding carboxylic acids is 1. The van der Waals surface area contributed by atoms with Crippen LogP contribution < -0.4 is 10.1 Å². The lowest BCUT2D eigenvalue weighted by Gasteiger charge is -2.23. The van der Waals surface area contributed by atoms with Gasteiger partial charge in [0, 0.05) is 5.54 Å². The number of hydrogen-bond acceptors (Lipinski definition) is 3. The van der Waals surface area contributed by atoms with Crippen LogP contribution in [0.25, 0.3) is 0 Å². The molecular weight excluding hydrogens is 254 g/mol. The Hall–Kier alpha value is -1.55. The predicted molar refractivity (Wildman–Crippen MR) is 79.7 cm³/mol. The average molecular weight is 279 g/mol. The summed E-state index contributed by atoms with van der Waals surface area (Å²) in [5, 5.41) is 12.6. The molecule has 4 nitrogen and oxygen atoms in total. The Morgan fingerprint density at radius 1 is 1.30 bits per heavy atom. The average Bonchev–Trinajstić information content (AvgIpc) is 2.36. The van der Waals surface area contributed by atoms with Crippen molar-refractivity contribution in [2.75, 3.05) is 0 Å². The van der Waals surface area contributed by atoms with Crippen molar-refractivity contribution in [2.24, 2.45) is 0 Å². The number of carbonyl (C=O) groups is 1. The van der Waals surface area contributed by atoms with Crippen LogP contribution in [0.15, 0.2) is 24.3 Å². The molecule has 1 aromatic rings. The van der Waals surface area contributed by atoms with E-state index >= 15 is 0 Å². The minimum atomic E-state index is -0.559. The third-order valence-corrected chi connectivity index (χ3v) is 2.83. The number of aliphatic hydroxyl groups excluding tert-OH is 1. The zero-order valence-electron chi connectivity index (χ0n) is 12.9. The third kappa shape index (κ3) is 5.21. The first-order valence-electron chi connectivity index (χ1n) is 6.99. The van der Waals surface area contributed by atoms with Gasteiger partial charge >= 0.3 is 0 Å². The summed E-state index contributed by atoms with van der Waals surface area (Å²) in [5.41, 5.74) is 0.579. The Morgan fingerprint density at radius 3 is 2.30 bits per heavy atom. The van der Waals surface area contributed by atoms with Crippen LogP contribution >= 0.6 is 0 Å². The molecule has 0 spiro atoms. The predicted octanol–water partition coefficient (Wildman–Crippen LogP) is 2.81. The van der Waals surface area contributed by atoms with Gasteiger partial charge in [0.25, 0.3) is 5.91 Å². The van der Waals surface area contributed by atoms with Gasteiger partial charge in [0.15, 0.2) is 6.10 Å². The molecule has 4 heteroatoms. The van der Waals surface area contributed by atoms with Crippen LogP contribution in [0.2, 0.25) is 0 Å². The van der Waals surface area contributed by atoms with Gasteiger partial charge < -0.3 is 15.2 Å². The number of hydrogen-bond donors (Lipinski definition) is 2. The van der Waals surface area contributed by atoms with Crippen LogP contribution in [0.1, 0.15) is 52.7 Å². The van der Waals surface area contributed by atoms with Crippen molar-refractivity contribution in [3.8, 4) is 5.75 Å². The SMILES string of the molecule is CCC(O)c1ccc(OC(C)C(=O)NC(C)(C)C)cc1. The van der Waals surface area contributed by atoms with Crippen molar-refractivity contribution in [1.29, 1.82) is 0 Å². The van der Waals surface area contributed by atoms with E-state index in [9.17, 15) is 9.90 Å². The van der Waals surface area contributed by atoms with Crippen LogP contribution in [0.5, 0.6) is 5.75 Å². The Labute approximate surface area is 121 Å². The van der Waals surface area contributed by atoms with Gasteiger partial charge in [0.05, 0.1) is 6.10 Å². The quantitative estimate of drug-likeness (QED) is 0.871. The lowest BCUT2D eigenvalue weighted by molar-refractivity contribution is -0.128. The topological polar surface area (TPSA) is 58.6 Å². The first-order chi connectivity index (χ1) is 9.23. The highest BCUT2D eigenvalue weighted by atomic mass is 16.5. The Balaban J connectivity index is 2.62. The normalized spacial score (nSPS) is 14.5. The minimum Gasteiger partial charge on any atom is -0.481 e. The Bertz CT molecular complexity index is 434. The molecule has 0 fully saturated rings. The molecule has 0 aliphatic rings. The minimum absolute atomic E-state index is 0.143. The van der Waals surface area contributed by atoms with Crippen LogP contribution in [0.4, 0.5) is 0 Å². The van der Waals surface area contributed by atoms with Gasteiger partial charge in [0.1, 0.15) is 5.75 Å². The number of aliphatic hydroxyl groups is 1. The molecule has 0 aliphatic carbocycles. The molecule has 0 aliphatic heterocycles. The molecule has 2 atom stereocenters. The molecule has 1 amide bonds. The number of rotatable bonds is 5. The molecule has 2 N–H and O–H groups in total. The van der Waals surface area contributed by atoms with Gasteiger partial charge in [0.2, 0.25) is 0 Å². The zero-order valence-corrected chi connectivity index (χ0v) is 12.9. The molecule has 1 aromatic carbocycles. The highest BCUT2D eigenvalue weighted by Gasteiger charge is 2.20. The van der Waals surface area contributed by atoms with Crippen molar-refractivity contribution in [1.82, 2.24) is 5.32 Å². The molecule has 0 aromatic heterocycles. The summed E-state index contributed by atoms with van der Waals surface area (Å²) in [7, 11) is 0. The summed E-state index contributed by atoms with van der Waals surface area (Å²) in [6, 6.07) is 7.18. The van der Waals surface area contributed by atoms with E-state index in [1.807, 2.05) is 39.8 Å². The largest absolute Gasteiger partial charge is 0.481 e. The van der Waals surface area contributed by atoms with Crippen molar-refractivity contribution >= 4 is 5.91 Å². The highest BCUT2D eigenvalue weighted by Crippen LogP contribution is 2.20. The number of ether oxygens (including phenoxy) is 1. The fourth-order valence-corrected chi connectivity index (χ4v) is 1.73. The molecule has 112 valence electrons. The molecule has 1 rings (SSSR count). The molecule has 20 heavy (non-hydrogen) atoms. The first-order valence-corrected chi connectivity index (χ1v) is 6.99. The number of amides is 1. The van der Waals surface area contributed by atoms with E-state index in [0.717, 1.165) is 5.56 Å². The second-order valence-corrected chi connectivity index (χ2v) is 5.99. The van der Waals surface area contributed by atoms with Crippen molar-refractivity contribution in [3.63, 3.8) is 0 Å². The van der Waals surface area contributed by atoms with Gasteiger partial charge in [-0.05, 0) is 51.8 Å². The van der Waals surface area contributed by atoms with Crippen LogP contribution in [-0.2, 0) is 4.79 Å². The molecule has 0 heterocycles. The fourth-order valence-electron chi connectivity index (χ4n) is 1.73. The second-order valence-electron chi connectivity index (χ2n) is 5.99. The maximum atomic E-state index is 11.9. The van der Waals surface area contributed by atoms with E-state index < -0.39 is 12.2 Å². The van der Waals surface area contributed by atoms with Gasteiger partial charge in [-0.3, -0.25) is 4.79 Å². The first kappa shape index (κ1) is 16.5. The summed E-state index contributed by atoms with van der Waals surface area (Å²) in [5.74, 6) is 0.476. The maximum absolute atomic E-state index is 11.9. The fraction of sp³-hybridized carbons (Fsp3) is 0.562. The number of benzene rings is 1. The lowest BCUT2D eigenvalue weighted by atomic mass is 10.1. The van der Waals surface area contributed by atoms with Gasteiger partial charge in [-0.1, -0.05) is 19.1 Å². The van der Waals surface area contributed by atoms with E-state index in [4.69, 9.17) is 4.74 Å². The molecule has 0 saturated heterocycles. The van der Waals surface area contributed by atoms with E-state index in [-0.39, 0.29) is 11.4 Å².